The zero-order valence-electron chi connectivity index (χ0n) is 14.0. The molecule has 0 aliphatic carbocycles. The Morgan fingerprint density at radius 1 is 0.778 bits per heavy atom. The molecule has 4 nitrogen and oxygen atoms in total. The van der Waals surface area contributed by atoms with Gasteiger partial charge in [-0.05, 0) is 53.6 Å². The summed E-state index contributed by atoms with van der Waals surface area (Å²) in [5.74, 6) is -3.38. The summed E-state index contributed by atoms with van der Waals surface area (Å²) in [5, 5.41) is 9.31. The zero-order valence-corrected chi connectivity index (χ0v) is 14.0. The summed E-state index contributed by atoms with van der Waals surface area (Å²) in [6.45, 7) is -0.580. The summed E-state index contributed by atoms with van der Waals surface area (Å²) in [6, 6.07) is 15.8. The van der Waals surface area contributed by atoms with Gasteiger partial charge in [0.05, 0.1) is 5.56 Å². The number of phenols is 1. The summed E-state index contributed by atoms with van der Waals surface area (Å²) < 4.78 is 31.0. The van der Waals surface area contributed by atoms with Gasteiger partial charge in [0, 0.05) is 5.56 Å². The summed E-state index contributed by atoms with van der Waals surface area (Å²) in [6.07, 6.45) is 0. The van der Waals surface area contributed by atoms with Crippen LogP contribution in [0.2, 0.25) is 0 Å². The molecule has 136 valence electrons. The fourth-order valence-electron chi connectivity index (χ4n) is 2.42. The Morgan fingerprint density at radius 2 is 1.33 bits per heavy atom. The third kappa shape index (κ3) is 4.36. The van der Waals surface area contributed by atoms with E-state index in [2.05, 4.69) is 0 Å². The number of halogens is 2. The topological polar surface area (TPSA) is 63.6 Å². The highest BCUT2D eigenvalue weighted by atomic mass is 19.2. The van der Waals surface area contributed by atoms with Crippen LogP contribution in [0.4, 0.5) is 8.78 Å². The lowest BCUT2D eigenvalue weighted by molar-refractivity contribution is 0.0474. The lowest BCUT2D eigenvalue weighted by Gasteiger charge is -2.06. The Kier molecular flexibility index (Phi) is 5.26. The Hall–Kier alpha value is -3.54. The van der Waals surface area contributed by atoms with Crippen molar-refractivity contribution in [1.29, 1.82) is 0 Å². The molecule has 0 saturated heterocycles. The van der Waals surface area contributed by atoms with Crippen molar-refractivity contribution in [1.82, 2.24) is 0 Å². The zero-order chi connectivity index (χ0) is 19.4. The molecule has 3 aromatic rings. The van der Waals surface area contributed by atoms with Crippen LogP contribution in [0.5, 0.6) is 5.75 Å². The van der Waals surface area contributed by atoms with Crippen molar-refractivity contribution in [2.24, 2.45) is 0 Å². The molecule has 0 aliphatic heterocycles. The van der Waals surface area contributed by atoms with Gasteiger partial charge < -0.3 is 9.84 Å². The lowest BCUT2D eigenvalue weighted by atomic mass is 10.0. The van der Waals surface area contributed by atoms with E-state index < -0.39 is 30.0 Å². The number of carbonyl (C=O) groups is 2. The number of esters is 1. The highest BCUT2D eigenvalue weighted by Crippen LogP contribution is 2.22. The molecule has 27 heavy (non-hydrogen) atoms. The van der Waals surface area contributed by atoms with Crippen LogP contribution >= 0.6 is 0 Å². The van der Waals surface area contributed by atoms with Crippen molar-refractivity contribution < 1.29 is 28.2 Å². The molecule has 3 aromatic carbocycles. The first-order chi connectivity index (χ1) is 12.9. The van der Waals surface area contributed by atoms with E-state index in [1.54, 1.807) is 48.5 Å². The van der Waals surface area contributed by atoms with Crippen LogP contribution in [-0.2, 0) is 4.74 Å². The molecule has 0 saturated carbocycles. The van der Waals surface area contributed by atoms with Crippen molar-refractivity contribution in [2.45, 2.75) is 0 Å². The number of benzene rings is 3. The van der Waals surface area contributed by atoms with Crippen LogP contribution < -0.4 is 0 Å². The number of hydrogen-bond donors (Lipinski definition) is 1. The second kappa shape index (κ2) is 7.78. The molecule has 0 heterocycles. The molecule has 0 radical (unpaired) electrons. The number of phenolic OH excluding ortho intramolecular Hbond substituents is 1. The largest absolute Gasteiger partial charge is 0.508 e. The number of ketones is 1. The van der Waals surface area contributed by atoms with Gasteiger partial charge in [0.2, 0.25) is 0 Å². The predicted molar refractivity (Wildman–Crippen MR) is 94.5 cm³/mol. The number of rotatable bonds is 5. The SMILES string of the molecule is O=C(COC(=O)c1ccc(-c2ccc(O)cc2)cc1)c1ccc(F)c(F)c1. The van der Waals surface area contributed by atoms with E-state index in [-0.39, 0.29) is 16.9 Å². The first-order valence-electron chi connectivity index (χ1n) is 7.99. The first kappa shape index (κ1) is 18.3. The fourth-order valence-corrected chi connectivity index (χ4v) is 2.42. The maximum atomic E-state index is 13.2. The molecule has 6 heteroatoms. The minimum Gasteiger partial charge on any atom is -0.508 e. The molecule has 0 aromatic heterocycles. The summed E-state index contributed by atoms with van der Waals surface area (Å²) in [5.41, 5.74) is 1.87. The van der Waals surface area contributed by atoms with Gasteiger partial charge in [-0.1, -0.05) is 24.3 Å². The molecular formula is C21H14F2O4. The van der Waals surface area contributed by atoms with Gasteiger partial charge in [-0.3, -0.25) is 4.79 Å². The van der Waals surface area contributed by atoms with Crippen molar-refractivity contribution in [3.05, 3.63) is 89.5 Å². The van der Waals surface area contributed by atoms with Gasteiger partial charge in [-0.15, -0.1) is 0 Å². The van der Waals surface area contributed by atoms with E-state index in [1.807, 2.05) is 0 Å². The number of ether oxygens (including phenoxy) is 1. The normalized spacial score (nSPS) is 10.4. The quantitative estimate of drug-likeness (QED) is 0.536. The van der Waals surface area contributed by atoms with Crippen LogP contribution in [0.1, 0.15) is 20.7 Å². The average Bonchev–Trinajstić information content (AvgIpc) is 2.68. The van der Waals surface area contributed by atoms with Gasteiger partial charge in [-0.2, -0.15) is 0 Å². The standard InChI is InChI=1S/C21H14F2O4/c22-18-10-7-16(11-19(18)23)20(25)12-27-21(26)15-3-1-13(2-4-15)14-5-8-17(24)9-6-14/h1-11,24H,12H2. The molecule has 0 amide bonds. The lowest BCUT2D eigenvalue weighted by Crippen LogP contribution is -2.14. The Labute approximate surface area is 153 Å². The second-order valence-electron chi connectivity index (χ2n) is 5.75. The highest BCUT2D eigenvalue weighted by molar-refractivity contribution is 5.99. The molecule has 0 fully saturated rings. The number of hydrogen-bond acceptors (Lipinski definition) is 4. The van der Waals surface area contributed by atoms with E-state index >= 15 is 0 Å². The number of Topliss-reactive ketones (excluding diaryl/α,β-unsaturated/α-hetero) is 1. The van der Waals surface area contributed by atoms with E-state index in [1.165, 1.54) is 0 Å². The van der Waals surface area contributed by atoms with Crippen molar-refractivity contribution in [3.63, 3.8) is 0 Å². The van der Waals surface area contributed by atoms with Gasteiger partial charge in [0.1, 0.15) is 5.75 Å². The highest BCUT2D eigenvalue weighted by Gasteiger charge is 2.14. The monoisotopic (exact) mass is 368 g/mol. The van der Waals surface area contributed by atoms with Crippen molar-refractivity contribution in [2.75, 3.05) is 6.61 Å². The van der Waals surface area contributed by atoms with E-state index in [0.29, 0.717) is 0 Å². The summed E-state index contributed by atoms with van der Waals surface area (Å²) >= 11 is 0. The molecule has 0 bridgehead atoms. The molecule has 0 unspecified atom stereocenters. The molecule has 3 rings (SSSR count). The van der Waals surface area contributed by atoms with Crippen LogP contribution in [0.15, 0.2) is 66.7 Å². The van der Waals surface area contributed by atoms with E-state index in [0.717, 1.165) is 29.3 Å². The van der Waals surface area contributed by atoms with Gasteiger partial charge in [0.15, 0.2) is 24.0 Å². The molecule has 0 aliphatic rings. The number of carbonyl (C=O) groups excluding carboxylic acids is 2. The average molecular weight is 368 g/mol. The Morgan fingerprint density at radius 3 is 1.93 bits per heavy atom. The van der Waals surface area contributed by atoms with Crippen LogP contribution in [0, 0.1) is 11.6 Å². The summed E-state index contributed by atoms with van der Waals surface area (Å²) in [4.78, 5) is 24.0. The van der Waals surface area contributed by atoms with Crippen LogP contribution in [-0.4, -0.2) is 23.5 Å². The molecular weight excluding hydrogens is 354 g/mol. The first-order valence-corrected chi connectivity index (χ1v) is 7.99. The fraction of sp³-hybridized carbons (Fsp3) is 0.0476. The third-order valence-electron chi connectivity index (χ3n) is 3.90. The Balaban J connectivity index is 1.63. The van der Waals surface area contributed by atoms with E-state index in [9.17, 15) is 23.5 Å². The minimum atomic E-state index is -1.14. The molecule has 0 spiro atoms. The maximum Gasteiger partial charge on any atom is 0.338 e. The van der Waals surface area contributed by atoms with Crippen molar-refractivity contribution in [3.8, 4) is 16.9 Å². The minimum absolute atomic E-state index is 0.0793. The van der Waals surface area contributed by atoms with Gasteiger partial charge in [0.25, 0.3) is 0 Å². The van der Waals surface area contributed by atoms with Gasteiger partial charge in [-0.25, -0.2) is 13.6 Å². The van der Waals surface area contributed by atoms with Crippen molar-refractivity contribution >= 4 is 11.8 Å². The summed E-state index contributed by atoms with van der Waals surface area (Å²) in [7, 11) is 0. The smallest absolute Gasteiger partial charge is 0.338 e. The molecule has 1 N–H and O–H groups in total. The number of aromatic hydroxyl groups is 1. The predicted octanol–water partition coefficient (Wildman–Crippen LogP) is 4.38. The molecule has 0 atom stereocenters. The third-order valence-corrected chi connectivity index (χ3v) is 3.90. The van der Waals surface area contributed by atoms with Crippen LogP contribution in [0.3, 0.4) is 0 Å². The Bertz CT molecular complexity index is 980. The maximum absolute atomic E-state index is 13.2. The second-order valence-corrected chi connectivity index (χ2v) is 5.75. The van der Waals surface area contributed by atoms with Crippen LogP contribution in [0.25, 0.3) is 11.1 Å². The van der Waals surface area contributed by atoms with Gasteiger partial charge >= 0.3 is 5.97 Å². The van der Waals surface area contributed by atoms with E-state index in [4.69, 9.17) is 4.74 Å².